The first kappa shape index (κ1) is 44.5. The summed E-state index contributed by atoms with van der Waals surface area (Å²) >= 11 is 0. The molecule has 2 unspecified atom stereocenters. The molecule has 3 heterocycles. The summed E-state index contributed by atoms with van der Waals surface area (Å²) in [6, 6.07) is 10.3. The summed E-state index contributed by atoms with van der Waals surface area (Å²) in [4.78, 5) is 26.5. The third-order valence-corrected chi connectivity index (χ3v) is 11.9. The number of benzene rings is 1. The lowest BCUT2D eigenvalue weighted by Crippen LogP contribution is -2.47. The highest BCUT2D eigenvalue weighted by molar-refractivity contribution is 7.47. The summed E-state index contributed by atoms with van der Waals surface area (Å²) in [5.74, 6) is -1.04. The van der Waals surface area contributed by atoms with E-state index >= 15 is 0 Å². The van der Waals surface area contributed by atoms with Gasteiger partial charge < -0.3 is 40.7 Å². The van der Waals surface area contributed by atoms with Gasteiger partial charge in [-0.3, -0.25) is 9.05 Å². The first-order valence-electron chi connectivity index (χ1n) is 20.4. The molecule has 0 spiro atoms. The Hall–Kier alpha value is -3.65. The number of phosphoric acid groups is 1. The second-order valence-corrected chi connectivity index (χ2v) is 16.6. The summed E-state index contributed by atoms with van der Waals surface area (Å²) in [5.41, 5.74) is 2.24. The van der Waals surface area contributed by atoms with Gasteiger partial charge in [0.25, 0.3) is 0 Å². The zero-order valence-corrected chi connectivity index (χ0v) is 33.7. The Morgan fingerprint density at radius 3 is 2.19 bits per heavy atom. The van der Waals surface area contributed by atoms with Crippen molar-refractivity contribution < 1.29 is 48.1 Å². The number of aliphatic hydroxyl groups excluding tert-OH is 1. The second-order valence-electron chi connectivity index (χ2n) is 15.2. The lowest BCUT2D eigenvalue weighted by atomic mass is 9.90. The van der Waals surface area contributed by atoms with Crippen LogP contribution in [0.5, 0.6) is 0 Å². The van der Waals surface area contributed by atoms with Crippen molar-refractivity contribution in [2.75, 3.05) is 30.9 Å². The highest BCUT2D eigenvalue weighted by Crippen LogP contribution is 2.63. The number of carbonyl (C=O) groups is 1. The average molecular weight is 815 g/mol. The van der Waals surface area contributed by atoms with Crippen molar-refractivity contribution in [3.63, 3.8) is 0 Å². The van der Waals surface area contributed by atoms with Crippen LogP contribution in [-0.2, 0) is 28.7 Å². The second kappa shape index (κ2) is 20.9. The standard InChI is InChI=1S/C40H59N6O10P/c1-2-3-4-5-6-7-8-9-10-11-12-13-14-15-16-19-24-53-25-29(45-31-21-18-17-20-30(31)37(47)48)26-54-57(51,52)56-35-34-40(35,50)38(49)39(27-41,55-34)33-23-22-32-36(42)43-28-44-46(32)33/h17-18,20-23,28-29,34-35,38,45,49-50H,2-16,19,24-26H2,1H3,(H,47,48)(H,51,52)(H2,42,43,44)/t29-,34-,35?,38+,39+,40+/m1/s1. The normalized spacial score (nSPS) is 24.2. The van der Waals surface area contributed by atoms with Gasteiger partial charge in [0.2, 0.25) is 5.60 Å². The summed E-state index contributed by atoms with van der Waals surface area (Å²) in [5, 5.41) is 49.6. The van der Waals surface area contributed by atoms with Gasteiger partial charge in [-0.25, -0.2) is 18.9 Å². The Morgan fingerprint density at radius 2 is 1.61 bits per heavy atom. The summed E-state index contributed by atoms with van der Waals surface area (Å²) in [6.45, 7) is 2.26. The molecule has 7 N–H and O–H groups in total. The first-order valence-corrected chi connectivity index (χ1v) is 21.9. The van der Waals surface area contributed by atoms with Crippen LogP contribution in [0.1, 0.15) is 126 Å². The van der Waals surface area contributed by atoms with Crippen LogP contribution in [0.25, 0.3) is 5.52 Å². The van der Waals surface area contributed by atoms with E-state index in [2.05, 4.69) is 22.3 Å². The number of carboxylic acid groups (broad SMARTS) is 1. The topological polar surface area (TPSA) is 244 Å². The van der Waals surface area contributed by atoms with Crippen molar-refractivity contribution in [1.82, 2.24) is 14.6 Å². The predicted molar refractivity (Wildman–Crippen MR) is 212 cm³/mol. The quantitative estimate of drug-likeness (QED) is 0.0339. The summed E-state index contributed by atoms with van der Waals surface area (Å²) in [7, 11) is -4.92. The smallest absolute Gasteiger partial charge is 0.472 e. The molecule has 2 fully saturated rings. The number of nitriles is 1. The number of aromatic nitrogens is 3. The fourth-order valence-corrected chi connectivity index (χ4v) is 8.59. The molecule has 1 aliphatic carbocycles. The molecular weight excluding hydrogens is 755 g/mol. The van der Waals surface area contributed by atoms with Crippen LogP contribution in [0.15, 0.2) is 42.7 Å². The number of nitrogens with two attached hydrogens (primary N) is 1. The third-order valence-electron chi connectivity index (χ3n) is 10.9. The number of phosphoric ester groups is 1. The number of unbranched alkanes of at least 4 members (excludes halogenated alkanes) is 15. The number of ether oxygens (including phenoxy) is 2. The molecule has 57 heavy (non-hydrogen) atoms. The molecule has 1 saturated carbocycles. The molecule has 1 aromatic carbocycles. The Labute approximate surface area is 334 Å². The molecule has 314 valence electrons. The van der Waals surface area contributed by atoms with Crippen LogP contribution in [0.4, 0.5) is 11.5 Å². The number of nitrogens with zero attached hydrogens (tertiary/aromatic N) is 4. The molecule has 16 nitrogen and oxygen atoms in total. The molecule has 0 radical (unpaired) electrons. The molecule has 2 aliphatic rings. The molecule has 7 atom stereocenters. The summed E-state index contributed by atoms with van der Waals surface area (Å²) in [6.07, 6.45) is 16.4. The zero-order chi connectivity index (χ0) is 40.9. The number of nitrogens with one attached hydrogen (secondary N) is 1. The van der Waals surface area contributed by atoms with E-state index in [-0.39, 0.29) is 29.4 Å². The Bertz CT molecular complexity index is 1840. The van der Waals surface area contributed by atoms with E-state index in [1.807, 2.05) is 6.07 Å². The van der Waals surface area contributed by atoms with Crippen LogP contribution < -0.4 is 11.1 Å². The van der Waals surface area contributed by atoms with Gasteiger partial charge in [-0.1, -0.05) is 115 Å². The number of rotatable bonds is 28. The molecule has 1 aliphatic heterocycles. The van der Waals surface area contributed by atoms with Crippen LogP contribution in [0, 0.1) is 11.3 Å². The number of para-hydroxylation sites is 1. The van der Waals surface area contributed by atoms with Crippen molar-refractivity contribution in [1.29, 1.82) is 5.26 Å². The minimum atomic E-state index is -4.92. The lowest BCUT2D eigenvalue weighted by molar-refractivity contribution is -0.105. The number of carboxylic acids is 1. The highest BCUT2D eigenvalue weighted by atomic mass is 31.2. The number of nitrogen functional groups attached to an aromatic ring is 1. The molecular formula is C40H59N6O10P. The van der Waals surface area contributed by atoms with Gasteiger partial charge in [-0.15, -0.1) is 0 Å². The van der Waals surface area contributed by atoms with Crippen molar-refractivity contribution in [2.24, 2.45) is 0 Å². The van der Waals surface area contributed by atoms with Gasteiger partial charge in [0.05, 0.1) is 30.5 Å². The zero-order valence-electron chi connectivity index (χ0n) is 32.8. The molecule has 1 saturated heterocycles. The SMILES string of the molecule is CCCCCCCCCCCCCCCCCCOC[C@H](COP(=O)(O)OC1[C@H]2O[C@@](C#N)(c3ccc4c(N)ncnn34)[C@H](O)[C@@]12O)Nc1ccccc1C(=O)O. The number of anilines is 2. The lowest BCUT2D eigenvalue weighted by Gasteiger charge is -2.30. The van der Waals surface area contributed by atoms with Crippen LogP contribution in [0.3, 0.4) is 0 Å². The number of hydrogen-bond acceptors (Lipinski definition) is 13. The van der Waals surface area contributed by atoms with Crippen molar-refractivity contribution in [2.45, 2.75) is 145 Å². The van der Waals surface area contributed by atoms with Crippen molar-refractivity contribution in [3.8, 4) is 6.07 Å². The molecule has 3 aromatic rings. The Morgan fingerprint density at radius 1 is 1.00 bits per heavy atom. The molecule has 17 heteroatoms. The van der Waals surface area contributed by atoms with Gasteiger partial charge >= 0.3 is 13.8 Å². The van der Waals surface area contributed by atoms with Gasteiger partial charge in [-0.05, 0) is 30.7 Å². The number of fused-ring (bicyclic) bond motifs is 2. The average Bonchev–Trinajstić information content (AvgIpc) is 3.43. The van der Waals surface area contributed by atoms with E-state index in [1.54, 1.807) is 18.2 Å². The minimum absolute atomic E-state index is 0.00575. The van der Waals surface area contributed by atoms with Crippen molar-refractivity contribution in [3.05, 3.63) is 54.0 Å². The maximum Gasteiger partial charge on any atom is 0.472 e. The Kier molecular flexibility index (Phi) is 16.3. The van der Waals surface area contributed by atoms with Gasteiger partial charge in [0.15, 0.2) is 11.4 Å². The van der Waals surface area contributed by atoms with Gasteiger partial charge in [0.1, 0.15) is 36.2 Å². The fourth-order valence-electron chi connectivity index (χ4n) is 7.59. The van der Waals surface area contributed by atoms with Gasteiger partial charge in [0, 0.05) is 12.3 Å². The highest BCUT2D eigenvalue weighted by Gasteiger charge is 2.83. The third kappa shape index (κ3) is 11.1. The fraction of sp³-hybridized carbons (Fsp3) is 0.650. The number of aromatic carboxylic acids is 1. The van der Waals surface area contributed by atoms with Crippen LogP contribution in [-0.4, -0.2) is 90.6 Å². The van der Waals surface area contributed by atoms with E-state index in [0.29, 0.717) is 12.1 Å². The van der Waals surface area contributed by atoms with Crippen LogP contribution in [0.2, 0.25) is 0 Å². The van der Waals surface area contributed by atoms with Crippen molar-refractivity contribution >= 4 is 30.8 Å². The maximum absolute atomic E-state index is 13.2. The van der Waals surface area contributed by atoms with Gasteiger partial charge in [-0.2, -0.15) is 10.4 Å². The molecule has 0 bridgehead atoms. The van der Waals surface area contributed by atoms with E-state index in [9.17, 15) is 34.8 Å². The van der Waals surface area contributed by atoms with E-state index in [4.69, 9.17) is 24.3 Å². The predicted octanol–water partition coefficient (Wildman–Crippen LogP) is 6.49. The molecule has 5 rings (SSSR count). The largest absolute Gasteiger partial charge is 0.478 e. The minimum Gasteiger partial charge on any atom is -0.478 e. The van der Waals surface area contributed by atoms with Crippen LogP contribution >= 0.6 is 7.82 Å². The number of hydrogen-bond donors (Lipinski definition) is 6. The van der Waals surface area contributed by atoms with E-state index in [1.165, 1.54) is 106 Å². The number of aliphatic hydroxyl groups is 2. The molecule has 0 amide bonds. The Balaban J connectivity index is 1.05. The van der Waals surface area contributed by atoms with E-state index < -0.39 is 56.0 Å². The van der Waals surface area contributed by atoms with E-state index in [0.717, 1.165) is 25.6 Å². The monoisotopic (exact) mass is 814 g/mol. The molecule has 2 aromatic heterocycles. The first-order chi connectivity index (χ1) is 27.5. The maximum atomic E-state index is 13.2. The summed E-state index contributed by atoms with van der Waals surface area (Å²) < 4.78 is 36.8.